The molecule has 0 bridgehead atoms. The Morgan fingerprint density at radius 2 is 2.09 bits per heavy atom. The summed E-state index contributed by atoms with van der Waals surface area (Å²) in [6.45, 7) is 3.21. The van der Waals surface area contributed by atoms with Gasteiger partial charge in [0.25, 0.3) is 5.91 Å². The number of benzene rings is 1. The summed E-state index contributed by atoms with van der Waals surface area (Å²) in [7, 11) is 0. The SMILES string of the molecule is CC(NC(=O)CCCNC(=O)c1ccc(Cl)cc1)C1CCCO1. The molecular weight excluding hydrogens is 316 g/mol. The van der Waals surface area contributed by atoms with E-state index in [9.17, 15) is 9.59 Å². The minimum atomic E-state index is -0.158. The van der Waals surface area contributed by atoms with Crippen molar-refractivity contribution >= 4 is 23.4 Å². The van der Waals surface area contributed by atoms with Gasteiger partial charge in [-0.05, 0) is 50.5 Å². The smallest absolute Gasteiger partial charge is 0.251 e. The van der Waals surface area contributed by atoms with Gasteiger partial charge < -0.3 is 15.4 Å². The summed E-state index contributed by atoms with van der Waals surface area (Å²) in [6.07, 6.45) is 3.17. The maximum Gasteiger partial charge on any atom is 0.251 e. The number of halogens is 1. The minimum Gasteiger partial charge on any atom is -0.376 e. The molecule has 2 unspecified atom stereocenters. The van der Waals surface area contributed by atoms with Gasteiger partial charge in [-0.25, -0.2) is 0 Å². The highest BCUT2D eigenvalue weighted by Crippen LogP contribution is 2.15. The molecule has 23 heavy (non-hydrogen) atoms. The van der Waals surface area contributed by atoms with Crippen LogP contribution in [0.15, 0.2) is 24.3 Å². The molecule has 0 radical (unpaired) electrons. The summed E-state index contributed by atoms with van der Waals surface area (Å²) in [4.78, 5) is 23.7. The average Bonchev–Trinajstić information content (AvgIpc) is 3.06. The first-order valence-corrected chi connectivity index (χ1v) is 8.39. The highest BCUT2D eigenvalue weighted by molar-refractivity contribution is 6.30. The molecule has 2 amide bonds. The molecule has 1 aliphatic heterocycles. The number of carbonyl (C=O) groups is 2. The normalized spacial score (nSPS) is 18.4. The zero-order valence-corrected chi connectivity index (χ0v) is 14.1. The van der Waals surface area contributed by atoms with Gasteiger partial charge in [-0.15, -0.1) is 0 Å². The Kier molecular flexibility index (Phi) is 6.86. The Bertz CT molecular complexity index is 527. The third-order valence-electron chi connectivity index (χ3n) is 3.88. The zero-order chi connectivity index (χ0) is 16.7. The summed E-state index contributed by atoms with van der Waals surface area (Å²) < 4.78 is 5.55. The molecule has 0 spiro atoms. The van der Waals surface area contributed by atoms with Gasteiger partial charge in [0.15, 0.2) is 0 Å². The van der Waals surface area contributed by atoms with E-state index < -0.39 is 0 Å². The third-order valence-corrected chi connectivity index (χ3v) is 4.14. The fourth-order valence-corrected chi connectivity index (χ4v) is 2.70. The van der Waals surface area contributed by atoms with Crippen LogP contribution in [0.5, 0.6) is 0 Å². The zero-order valence-electron chi connectivity index (χ0n) is 13.3. The first kappa shape index (κ1) is 17.8. The molecule has 1 aliphatic rings. The molecule has 0 aliphatic carbocycles. The second-order valence-corrected chi connectivity index (χ2v) is 6.21. The van der Waals surface area contributed by atoms with Crippen molar-refractivity contribution in [1.29, 1.82) is 0 Å². The fraction of sp³-hybridized carbons (Fsp3) is 0.529. The van der Waals surface area contributed by atoms with Gasteiger partial charge in [0.2, 0.25) is 5.91 Å². The van der Waals surface area contributed by atoms with E-state index in [-0.39, 0.29) is 24.0 Å². The molecule has 2 atom stereocenters. The van der Waals surface area contributed by atoms with Gasteiger partial charge >= 0.3 is 0 Å². The van der Waals surface area contributed by atoms with Crippen LogP contribution in [0.1, 0.15) is 43.0 Å². The van der Waals surface area contributed by atoms with Crippen molar-refractivity contribution in [2.45, 2.75) is 44.8 Å². The number of rotatable bonds is 7. The second-order valence-electron chi connectivity index (χ2n) is 5.77. The first-order valence-electron chi connectivity index (χ1n) is 8.01. The van der Waals surface area contributed by atoms with E-state index in [0.29, 0.717) is 30.0 Å². The van der Waals surface area contributed by atoms with Crippen LogP contribution in [0.25, 0.3) is 0 Å². The summed E-state index contributed by atoms with van der Waals surface area (Å²) in [6, 6.07) is 6.74. The predicted molar refractivity (Wildman–Crippen MR) is 89.6 cm³/mol. The van der Waals surface area contributed by atoms with Crippen molar-refractivity contribution < 1.29 is 14.3 Å². The monoisotopic (exact) mass is 338 g/mol. The minimum absolute atomic E-state index is 0.00579. The lowest BCUT2D eigenvalue weighted by atomic mass is 10.1. The Labute approximate surface area is 141 Å². The summed E-state index contributed by atoms with van der Waals surface area (Å²) >= 11 is 5.78. The quantitative estimate of drug-likeness (QED) is 0.751. The number of hydrogen-bond donors (Lipinski definition) is 2. The second kappa shape index (κ2) is 8.89. The maximum atomic E-state index is 11.9. The average molecular weight is 339 g/mol. The number of carbonyl (C=O) groups excluding carboxylic acids is 2. The number of ether oxygens (including phenoxy) is 1. The van der Waals surface area contributed by atoms with E-state index in [2.05, 4.69) is 10.6 Å². The van der Waals surface area contributed by atoms with Gasteiger partial charge in [0.1, 0.15) is 0 Å². The van der Waals surface area contributed by atoms with E-state index in [1.54, 1.807) is 24.3 Å². The van der Waals surface area contributed by atoms with Crippen molar-refractivity contribution in [2.24, 2.45) is 0 Å². The lowest BCUT2D eigenvalue weighted by molar-refractivity contribution is -0.122. The summed E-state index contributed by atoms with van der Waals surface area (Å²) in [5.74, 6) is -0.163. The van der Waals surface area contributed by atoms with Gasteiger partial charge in [0.05, 0.1) is 12.1 Å². The van der Waals surface area contributed by atoms with Gasteiger partial charge in [0, 0.05) is 30.2 Å². The van der Waals surface area contributed by atoms with Crippen molar-refractivity contribution in [2.75, 3.05) is 13.2 Å². The van der Waals surface area contributed by atoms with Crippen LogP contribution in [0, 0.1) is 0 Å². The molecule has 126 valence electrons. The Balaban J connectivity index is 1.61. The van der Waals surface area contributed by atoms with Crippen molar-refractivity contribution in [3.8, 4) is 0 Å². The van der Waals surface area contributed by atoms with Crippen molar-refractivity contribution in [3.05, 3.63) is 34.9 Å². The Hall–Kier alpha value is -1.59. The predicted octanol–water partition coefficient (Wildman–Crippen LogP) is 2.53. The van der Waals surface area contributed by atoms with Crippen LogP contribution in [0.4, 0.5) is 0 Å². The highest BCUT2D eigenvalue weighted by atomic mass is 35.5. The van der Waals surface area contributed by atoms with Crippen LogP contribution in [-0.4, -0.2) is 37.1 Å². The van der Waals surface area contributed by atoms with E-state index in [1.165, 1.54) is 0 Å². The topological polar surface area (TPSA) is 67.4 Å². The largest absolute Gasteiger partial charge is 0.376 e. The molecule has 2 N–H and O–H groups in total. The van der Waals surface area contributed by atoms with E-state index in [4.69, 9.17) is 16.3 Å². The molecule has 1 aromatic carbocycles. The lowest BCUT2D eigenvalue weighted by Crippen LogP contribution is -2.41. The van der Waals surface area contributed by atoms with Crippen molar-refractivity contribution in [3.63, 3.8) is 0 Å². The Morgan fingerprint density at radius 1 is 1.35 bits per heavy atom. The highest BCUT2D eigenvalue weighted by Gasteiger charge is 2.23. The maximum absolute atomic E-state index is 11.9. The number of hydrogen-bond acceptors (Lipinski definition) is 3. The molecule has 6 heteroatoms. The fourth-order valence-electron chi connectivity index (χ4n) is 2.57. The van der Waals surface area contributed by atoms with Crippen LogP contribution in [0.3, 0.4) is 0 Å². The van der Waals surface area contributed by atoms with Crippen molar-refractivity contribution in [1.82, 2.24) is 10.6 Å². The van der Waals surface area contributed by atoms with Crippen LogP contribution < -0.4 is 10.6 Å². The molecule has 1 heterocycles. The summed E-state index contributed by atoms with van der Waals surface area (Å²) in [5.41, 5.74) is 0.561. The van der Waals surface area contributed by atoms with Gasteiger partial charge in [-0.3, -0.25) is 9.59 Å². The lowest BCUT2D eigenvalue weighted by Gasteiger charge is -2.19. The van der Waals surface area contributed by atoms with E-state index >= 15 is 0 Å². The Morgan fingerprint density at radius 3 is 2.74 bits per heavy atom. The van der Waals surface area contributed by atoms with E-state index in [1.807, 2.05) is 6.92 Å². The summed E-state index contributed by atoms with van der Waals surface area (Å²) in [5, 5.41) is 6.35. The molecule has 5 nitrogen and oxygen atoms in total. The molecule has 0 aromatic heterocycles. The van der Waals surface area contributed by atoms with Crippen LogP contribution >= 0.6 is 11.6 Å². The molecule has 2 rings (SSSR count). The number of nitrogens with one attached hydrogen (secondary N) is 2. The molecule has 1 aromatic rings. The van der Waals surface area contributed by atoms with Crippen LogP contribution in [-0.2, 0) is 9.53 Å². The number of amides is 2. The molecule has 1 fully saturated rings. The standard InChI is InChI=1S/C17H23ClN2O3/c1-12(15-4-3-11-23-15)20-16(21)5-2-10-19-17(22)13-6-8-14(18)9-7-13/h6-9,12,15H,2-5,10-11H2,1H3,(H,19,22)(H,20,21). The first-order chi connectivity index (χ1) is 11.1. The molecular formula is C17H23ClN2O3. The third kappa shape index (κ3) is 5.84. The van der Waals surface area contributed by atoms with Crippen LogP contribution in [0.2, 0.25) is 5.02 Å². The van der Waals surface area contributed by atoms with Gasteiger partial charge in [-0.1, -0.05) is 11.6 Å². The van der Waals surface area contributed by atoms with Gasteiger partial charge in [-0.2, -0.15) is 0 Å². The van der Waals surface area contributed by atoms with E-state index in [0.717, 1.165) is 19.4 Å². The molecule has 1 saturated heterocycles. The molecule has 0 saturated carbocycles.